The normalized spacial score (nSPS) is 10.6. The Hall–Kier alpha value is -4.00. The molecule has 30 heavy (non-hydrogen) atoms. The first kappa shape index (κ1) is 19.3. The maximum Gasteiger partial charge on any atom is 0.259 e. The van der Waals surface area contributed by atoms with Crippen LogP contribution in [0.5, 0.6) is 0 Å². The Morgan fingerprint density at radius 1 is 0.933 bits per heavy atom. The summed E-state index contributed by atoms with van der Waals surface area (Å²) in [5, 5.41) is 2.75. The Morgan fingerprint density at radius 3 is 2.37 bits per heavy atom. The standard InChI is InChI=1S/C23H16F2N4O/c1-14-12-18(6-7-20(14)25)28-23(30)19-13-27-22(16-2-4-17(24)5-3-16)29-21(19)15-8-10-26-11-9-15/h2-13H,1H3,(H,28,30). The molecule has 2 aromatic carbocycles. The Labute approximate surface area is 171 Å². The second kappa shape index (κ2) is 8.16. The molecule has 0 radical (unpaired) electrons. The lowest BCUT2D eigenvalue weighted by Crippen LogP contribution is -2.15. The molecule has 0 saturated carbocycles. The van der Waals surface area contributed by atoms with Crippen molar-refractivity contribution in [3.8, 4) is 22.6 Å². The zero-order chi connectivity index (χ0) is 21.1. The van der Waals surface area contributed by atoms with Crippen LogP contribution >= 0.6 is 0 Å². The first-order chi connectivity index (χ1) is 14.5. The predicted molar refractivity (Wildman–Crippen MR) is 110 cm³/mol. The third-order valence-corrected chi connectivity index (χ3v) is 4.51. The lowest BCUT2D eigenvalue weighted by atomic mass is 10.1. The summed E-state index contributed by atoms with van der Waals surface area (Å²) in [6.45, 7) is 1.62. The van der Waals surface area contributed by atoms with E-state index < -0.39 is 5.91 Å². The summed E-state index contributed by atoms with van der Waals surface area (Å²) in [4.78, 5) is 25.8. The van der Waals surface area contributed by atoms with E-state index in [0.717, 1.165) is 0 Å². The minimum absolute atomic E-state index is 0.244. The number of hydrogen-bond donors (Lipinski definition) is 1. The molecule has 7 heteroatoms. The van der Waals surface area contributed by atoms with Crippen LogP contribution in [-0.2, 0) is 0 Å². The molecule has 0 aliphatic carbocycles. The number of hydrogen-bond acceptors (Lipinski definition) is 4. The molecular weight excluding hydrogens is 386 g/mol. The van der Waals surface area contributed by atoms with Gasteiger partial charge in [-0.25, -0.2) is 18.7 Å². The van der Waals surface area contributed by atoms with Gasteiger partial charge in [-0.1, -0.05) is 0 Å². The number of rotatable bonds is 4. The quantitative estimate of drug-likeness (QED) is 0.519. The maximum atomic E-state index is 13.5. The molecule has 4 aromatic rings. The first-order valence-electron chi connectivity index (χ1n) is 9.12. The SMILES string of the molecule is Cc1cc(NC(=O)c2cnc(-c3ccc(F)cc3)nc2-c2ccncc2)ccc1F. The number of halogens is 2. The Morgan fingerprint density at radius 2 is 1.67 bits per heavy atom. The summed E-state index contributed by atoms with van der Waals surface area (Å²) in [6.07, 6.45) is 4.62. The highest BCUT2D eigenvalue weighted by molar-refractivity contribution is 6.08. The summed E-state index contributed by atoms with van der Waals surface area (Å²) >= 11 is 0. The number of aryl methyl sites for hydroxylation is 1. The molecule has 2 aromatic heterocycles. The van der Waals surface area contributed by atoms with E-state index >= 15 is 0 Å². The summed E-state index contributed by atoms with van der Waals surface area (Å²) in [6, 6.07) is 13.6. The molecule has 2 heterocycles. The van der Waals surface area contributed by atoms with E-state index in [9.17, 15) is 13.6 Å². The summed E-state index contributed by atoms with van der Waals surface area (Å²) in [5.41, 5.74) is 2.83. The zero-order valence-electron chi connectivity index (χ0n) is 15.9. The molecule has 0 saturated heterocycles. The molecule has 1 N–H and O–H groups in total. The predicted octanol–water partition coefficient (Wildman–Crippen LogP) is 5.04. The minimum atomic E-state index is -0.432. The summed E-state index contributed by atoms with van der Waals surface area (Å²) < 4.78 is 26.8. The second-order valence-electron chi connectivity index (χ2n) is 6.62. The van der Waals surface area contributed by atoms with Crippen LogP contribution in [0.4, 0.5) is 14.5 Å². The monoisotopic (exact) mass is 402 g/mol. The average Bonchev–Trinajstić information content (AvgIpc) is 2.77. The first-order valence-corrected chi connectivity index (χ1v) is 9.12. The molecule has 1 amide bonds. The van der Waals surface area contributed by atoms with Gasteiger partial charge in [0.2, 0.25) is 0 Å². The van der Waals surface area contributed by atoms with E-state index in [0.29, 0.717) is 33.9 Å². The van der Waals surface area contributed by atoms with E-state index in [1.54, 1.807) is 49.6 Å². The molecule has 0 bridgehead atoms. The van der Waals surface area contributed by atoms with Crippen LogP contribution in [0.2, 0.25) is 0 Å². The number of carbonyl (C=O) groups excluding carboxylic acids is 1. The van der Waals surface area contributed by atoms with Crippen molar-refractivity contribution < 1.29 is 13.6 Å². The van der Waals surface area contributed by atoms with Gasteiger partial charge in [0, 0.05) is 35.4 Å². The molecule has 4 rings (SSSR count). The largest absolute Gasteiger partial charge is 0.322 e. The van der Waals surface area contributed by atoms with Gasteiger partial charge in [-0.15, -0.1) is 0 Å². The Kier molecular flexibility index (Phi) is 5.26. The van der Waals surface area contributed by atoms with Gasteiger partial charge in [-0.3, -0.25) is 9.78 Å². The van der Waals surface area contributed by atoms with Crippen LogP contribution in [0.3, 0.4) is 0 Å². The van der Waals surface area contributed by atoms with Crippen molar-refractivity contribution in [1.29, 1.82) is 0 Å². The van der Waals surface area contributed by atoms with Crippen molar-refractivity contribution in [3.63, 3.8) is 0 Å². The van der Waals surface area contributed by atoms with Crippen molar-refractivity contribution >= 4 is 11.6 Å². The number of nitrogens with zero attached hydrogens (tertiary/aromatic N) is 3. The summed E-state index contributed by atoms with van der Waals surface area (Å²) in [5.74, 6) is -0.786. The van der Waals surface area contributed by atoms with Crippen LogP contribution in [-0.4, -0.2) is 20.9 Å². The zero-order valence-corrected chi connectivity index (χ0v) is 15.9. The number of carbonyl (C=O) groups is 1. The third-order valence-electron chi connectivity index (χ3n) is 4.51. The van der Waals surface area contributed by atoms with E-state index in [1.165, 1.54) is 30.5 Å². The van der Waals surface area contributed by atoms with Crippen LogP contribution in [0.25, 0.3) is 22.6 Å². The molecule has 0 fully saturated rings. The van der Waals surface area contributed by atoms with Gasteiger partial charge >= 0.3 is 0 Å². The van der Waals surface area contributed by atoms with E-state index in [2.05, 4.69) is 20.3 Å². The van der Waals surface area contributed by atoms with Gasteiger partial charge in [0.1, 0.15) is 11.6 Å². The maximum absolute atomic E-state index is 13.5. The fourth-order valence-electron chi connectivity index (χ4n) is 2.94. The van der Waals surface area contributed by atoms with Gasteiger partial charge in [0.15, 0.2) is 5.82 Å². The number of nitrogens with one attached hydrogen (secondary N) is 1. The van der Waals surface area contributed by atoms with Gasteiger partial charge in [-0.05, 0) is 67.1 Å². The number of pyridine rings is 1. The molecule has 0 aliphatic rings. The number of benzene rings is 2. The lowest BCUT2D eigenvalue weighted by molar-refractivity contribution is 0.102. The van der Waals surface area contributed by atoms with Crippen LogP contribution in [0.15, 0.2) is 73.2 Å². The number of aromatic nitrogens is 3. The Balaban J connectivity index is 1.75. The van der Waals surface area contributed by atoms with Crippen LogP contribution < -0.4 is 5.32 Å². The molecule has 0 spiro atoms. The van der Waals surface area contributed by atoms with E-state index in [1.807, 2.05) is 0 Å². The number of anilines is 1. The molecule has 5 nitrogen and oxygen atoms in total. The van der Waals surface area contributed by atoms with Crippen molar-refractivity contribution in [2.75, 3.05) is 5.32 Å². The van der Waals surface area contributed by atoms with E-state index in [-0.39, 0.29) is 17.2 Å². The Bertz CT molecular complexity index is 1210. The fourth-order valence-corrected chi connectivity index (χ4v) is 2.94. The van der Waals surface area contributed by atoms with Crippen LogP contribution in [0.1, 0.15) is 15.9 Å². The van der Waals surface area contributed by atoms with Gasteiger partial charge < -0.3 is 5.32 Å². The third kappa shape index (κ3) is 4.05. The minimum Gasteiger partial charge on any atom is -0.322 e. The highest BCUT2D eigenvalue weighted by Crippen LogP contribution is 2.25. The van der Waals surface area contributed by atoms with E-state index in [4.69, 9.17) is 0 Å². The van der Waals surface area contributed by atoms with Crippen molar-refractivity contribution in [1.82, 2.24) is 15.0 Å². The lowest BCUT2D eigenvalue weighted by Gasteiger charge is -2.12. The average molecular weight is 402 g/mol. The molecule has 0 atom stereocenters. The topological polar surface area (TPSA) is 67.8 Å². The molecule has 0 aliphatic heterocycles. The highest BCUT2D eigenvalue weighted by atomic mass is 19.1. The molecular formula is C23H16F2N4O. The summed E-state index contributed by atoms with van der Waals surface area (Å²) in [7, 11) is 0. The highest BCUT2D eigenvalue weighted by Gasteiger charge is 2.17. The van der Waals surface area contributed by atoms with Crippen LogP contribution in [0, 0.1) is 18.6 Å². The van der Waals surface area contributed by atoms with Gasteiger partial charge in [-0.2, -0.15) is 0 Å². The second-order valence-corrected chi connectivity index (χ2v) is 6.62. The molecule has 148 valence electrons. The fraction of sp³-hybridized carbons (Fsp3) is 0.0435. The number of amides is 1. The molecule has 0 unspecified atom stereocenters. The van der Waals surface area contributed by atoms with Gasteiger partial charge in [0.25, 0.3) is 5.91 Å². The van der Waals surface area contributed by atoms with Crippen molar-refractivity contribution in [2.24, 2.45) is 0 Å². The van der Waals surface area contributed by atoms with Crippen molar-refractivity contribution in [3.05, 3.63) is 95.9 Å². The smallest absolute Gasteiger partial charge is 0.259 e. The van der Waals surface area contributed by atoms with Crippen molar-refractivity contribution in [2.45, 2.75) is 6.92 Å². The van der Waals surface area contributed by atoms with Gasteiger partial charge in [0.05, 0.1) is 11.3 Å².